The Morgan fingerprint density at radius 1 is 1.09 bits per heavy atom. The van der Waals surface area contributed by atoms with E-state index < -0.39 is 23.6 Å². The van der Waals surface area contributed by atoms with Gasteiger partial charge in [0.15, 0.2) is 7.29 Å². The molecular formula is C18H28NO3P. The molecule has 0 radical (unpaired) electrons. The second kappa shape index (κ2) is 6.92. The second-order valence-electron chi connectivity index (χ2n) is 7.51. The Morgan fingerprint density at radius 2 is 1.61 bits per heavy atom. The Kier molecular flexibility index (Phi) is 5.87. The Morgan fingerprint density at radius 3 is 2.09 bits per heavy atom. The molecule has 0 unspecified atom stereocenters. The highest BCUT2D eigenvalue weighted by Gasteiger charge is 2.46. The number of esters is 1. The van der Waals surface area contributed by atoms with Crippen molar-refractivity contribution in [1.29, 1.82) is 0 Å². The molecule has 0 fully saturated rings. The van der Waals surface area contributed by atoms with E-state index in [1.807, 2.05) is 65.8 Å². The number of benzene rings is 1. The van der Waals surface area contributed by atoms with Crippen LogP contribution in [0.2, 0.25) is 0 Å². The maximum Gasteiger partial charge on any atom is 0.330 e. The first-order chi connectivity index (χ1) is 10.4. The Hall–Kier alpha value is -1.54. The summed E-state index contributed by atoms with van der Waals surface area (Å²) < 4.78 is 18.4. The summed E-state index contributed by atoms with van der Waals surface area (Å²) in [7, 11) is -1.45. The third-order valence-corrected chi connectivity index (χ3v) is 8.06. The van der Waals surface area contributed by atoms with Gasteiger partial charge in [-0.2, -0.15) is 0 Å². The highest BCUT2D eigenvalue weighted by atomic mass is 31.2. The minimum atomic E-state index is -2.79. The first kappa shape index (κ1) is 19.5. The van der Waals surface area contributed by atoms with E-state index in [0.717, 1.165) is 11.3 Å². The molecule has 0 bridgehead atoms. The van der Waals surface area contributed by atoms with Gasteiger partial charge in [-0.25, -0.2) is 4.79 Å². The van der Waals surface area contributed by atoms with Gasteiger partial charge in [-0.05, 0) is 17.7 Å². The molecule has 0 saturated heterocycles. The standard InChI is InChI=1S/C18H28NO3P/c1-17(2,3)23(21,18(4,5)6)19-15-11-9-8-10-14(15)12-13-16(20)22-7/h8-13H,1-7H3,(H,19,21)/b13-12+. The molecule has 1 aromatic carbocycles. The van der Waals surface area contributed by atoms with Crippen LogP contribution in [0.5, 0.6) is 0 Å². The molecule has 0 saturated carbocycles. The average Bonchev–Trinajstić information content (AvgIpc) is 2.43. The molecule has 0 aromatic heterocycles. The van der Waals surface area contributed by atoms with E-state index in [2.05, 4.69) is 9.82 Å². The lowest BCUT2D eigenvalue weighted by Gasteiger charge is -2.42. The van der Waals surface area contributed by atoms with Gasteiger partial charge in [-0.1, -0.05) is 59.7 Å². The van der Waals surface area contributed by atoms with Crippen LogP contribution in [0.15, 0.2) is 30.3 Å². The molecule has 128 valence electrons. The normalized spacial score (nSPS) is 13.2. The van der Waals surface area contributed by atoms with Crippen molar-refractivity contribution >= 4 is 25.0 Å². The van der Waals surface area contributed by atoms with Crippen molar-refractivity contribution in [3.63, 3.8) is 0 Å². The molecule has 0 aliphatic carbocycles. The summed E-state index contributed by atoms with van der Waals surface area (Å²) >= 11 is 0. The lowest BCUT2D eigenvalue weighted by atomic mass is 10.2. The van der Waals surface area contributed by atoms with Gasteiger partial charge in [0.2, 0.25) is 0 Å². The van der Waals surface area contributed by atoms with Crippen molar-refractivity contribution in [3.05, 3.63) is 35.9 Å². The van der Waals surface area contributed by atoms with Crippen LogP contribution >= 0.6 is 7.29 Å². The van der Waals surface area contributed by atoms with Crippen LogP contribution in [0.25, 0.3) is 6.08 Å². The summed E-state index contributed by atoms with van der Waals surface area (Å²) in [4.78, 5) is 11.3. The Bertz CT molecular complexity index is 618. The summed E-state index contributed by atoms with van der Waals surface area (Å²) in [5, 5.41) is 2.50. The number of nitrogens with one attached hydrogen (secondary N) is 1. The summed E-state index contributed by atoms with van der Waals surface area (Å²) in [5.41, 5.74) is 1.55. The van der Waals surface area contributed by atoms with Gasteiger partial charge in [-0.15, -0.1) is 0 Å². The van der Waals surface area contributed by atoms with Gasteiger partial charge in [0.25, 0.3) is 0 Å². The zero-order chi connectivity index (χ0) is 17.9. The predicted octanol–water partition coefficient (Wildman–Crippen LogP) is 5.16. The smallest absolute Gasteiger partial charge is 0.330 e. The van der Waals surface area contributed by atoms with Gasteiger partial charge in [0.05, 0.1) is 7.11 Å². The van der Waals surface area contributed by atoms with Crippen LogP contribution in [-0.4, -0.2) is 23.4 Å². The van der Waals surface area contributed by atoms with Gasteiger partial charge in [0.1, 0.15) is 0 Å². The molecule has 23 heavy (non-hydrogen) atoms. The molecular weight excluding hydrogens is 309 g/mol. The van der Waals surface area contributed by atoms with E-state index in [-0.39, 0.29) is 0 Å². The first-order valence-corrected chi connectivity index (χ1v) is 9.36. The molecule has 0 amide bonds. The number of rotatable bonds is 4. The van der Waals surface area contributed by atoms with E-state index in [0.29, 0.717) is 0 Å². The van der Waals surface area contributed by atoms with E-state index in [1.165, 1.54) is 13.2 Å². The second-order valence-corrected chi connectivity index (χ2v) is 11.6. The SMILES string of the molecule is COC(=O)/C=C/c1ccccc1NP(=O)(C(C)(C)C)C(C)(C)C. The zero-order valence-corrected chi connectivity index (χ0v) is 16.0. The maximum atomic E-state index is 13.7. The number of hydrogen-bond donors (Lipinski definition) is 1. The molecule has 1 N–H and O–H groups in total. The Balaban J connectivity index is 3.30. The number of para-hydroxylation sites is 1. The molecule has 0 aliphatic rings. The molecule has 1 rings (SSSR count). The lowest BCUT2D eigenvalue weighted by Crippen LogP contribution is -2.32. The van der Waals surface area contributed by atoms with Crippen molar-refractivity contribution in [2.45, 2.75) is 51.9 Å². The largest absolute Gasteiger partial charge is 0.466 e. The topological polar surface area (TPSA) is 55.4 Å². The van der Waals surface area contributed by atoms with Crippen LogP contribution in [0.3, 0.4) is 0 Å². The van der Waals surface area contributed by atoms with Crippen LogP contribution in [0, 0.1) is 0 Å². The van der Waals surface area contributed by atoms with Crippen LogP contribution in [-0.2, 0) is 14.1 Å². The molecule has 4 nitrogen and oxygen atoms in total. The number of hydrogen-bond acceptors (Lipinski definition) is 3. The van der Waals surface area contributed by atoms with Crippen LogP contribution in [0.1, 0.15) is 47.1 Å². The molecule has 0 heterocycles. The molecule has 0 atom stereocenters. The van der Waals surface area contributed by atoms with Crippen molar-refractivity contribution in [1.82, 2.24) is 0 Å². The summed E-state index contributed by atoms with van der Waals surface area (Å²) in [6.07, 6.45) is 3.03. The zero-order valence-electron chi connectivity index (χ0n) is 15.1. The summed E-state index contributed by atoms with van der Waals surface area (Å²) in [6.45, 7) is 11.9. The fourth-order valence-corrected chi connectivity index (χ4v) is 5.71. The number of ether oxygens (including phenoxy) is 1. The van der Waals surface area contributed by atoms with Crippen molar-refractivity contribution in [2.75, 3.05) is 12.2 Å². The quantitative estimate of drug-likeness (QED) is 0.468. The first-order valence-electron chi connectivity index (χ1n) is 7.66. The third kappa shape index (κ3) is 4.48. The minimum Gasteiger partial charge on any atom is -0.466 e. The molecule has 1 aromatic rings. The highest BCUT2D eigenvalue weighted by Crippen LogP contribution is 2.66. The maximum absolute atomic E-state index is 13.7. The van der Waals surface area contributed by atoms with Crippen molar-refractivity contribution in [2.24, 2.45) is 0 Å². The highest BCUT2D eigenvalue weighted by molar-refractivity contribution is 7.68. The fraction of sp³-hybridized carbons (Fsp3) is 0.500. The number of carbonyl (C=O) groups excluding carboxylic acids is 1. The third-order valence-electron chi connectivity index (χ3n) is 3.73. The number of methoxy groups -OCH3 is 1. The van der Waals surface area contributed by atoms with Gasteiger partial charge in [-0.3, -0.25) is 4.57 Å². The van der Waals surface area contributed by atoms with E-state index in [1.54, 1.807) is 6.08 Å². The lowest BCUT2D eigenvalue weighted by molar-refractivity contribution is -0.134. The van der Waals surface area contributed by atoms with E-state index in [4.69, 9.17) is 0 Å². The monoisotopic (exact) mass is 337 g/mol. The van der Waals surface area contributed by atoms with E-state index >= 15 is 0 Å². The van der Waals surface area contributed by atoms with Gasteiger partial charge >= 0.3 is 5.97 Å². The van der Waals surface area contributed by atoms with Crippen LogP contribution in [0.4, 0.5) is 5.69 Å². The number of carbonyl (C=O) groups is 1. The predicted molar refractivity (Wildman–Crippen MR) is 98.2 cm³/mol. The molecule has 0 aliphatic heterocycles. The van der Waals surface area contributed by atoms with Crippen molar-refractivity contribution in [3.8, 4) is 0 Å². The summed E-state index contributed by atoms with van der Waals surface area (Å²) in [5.74, 6) is -0.422. The summed E-state index contributed by atoms with van der Waals surface area (Å²) in [6, 6.07) is 7.51. The van der Waals surface area contributed by atoms with E-state index in [9.17, 15) is 9.36 Å². The van der Waals surface area contributed by atoms with Crippen molar-refractivity contribution < 1.29 is 14.1 Å². The molecule has 0 spiro atoms. The average molecular weight is 337 g/mol. The van der Waals surface area contributed by atoms with Gasteiger partial charge < -0.3 is 9.82 Å². The fourth-order valence-electron chi connectivity index (χ4n) is 2.48. The molecule has 5 heteroatoms. The van der Waals surface area contributed by atoms with Crippen LogP contribution < -0.4 is 5.09 Å². The van der Waals surface area contributed by atoms with Gasteiger partial charge in [0, 0.05) is 22.1 Å². The minimum absolute atomic E-state index is 0.398. The number of anilines is 1. The Labute approximate surface area is 139 Å².